The van der Waals surface area contributed by atoms with Crippen molar-refractivity contribution >= 4 is 23.5 Å². The first-order valence-corrected chi connectivity index (χ1v) is 6.50. The number of carboxylic acid groups (broad SMARTS) is 2. The Balaban J connectivity index is 4.33. The number of carboxylic acids is 2. The standard InChI is InChI=1S/C14H20O7/c1-2-5-21-9-10(6-12(16)8-14(19)20)3-4-11(15)7-13(17)18/h2,10H,1,3-9H2,(H,17,18)(H,19,20). The first-order valence-electron chi connectivity index (χ1n) is 6.50. The van der Waals surface area contributed by atoms with Gasteiger partial charge >= 0.3 is 11.9 Å². The molecule has 0 aromatic carbocycles. The second-order valence-corrected chi connectivity index (χ2v) is 4.65. The van der Waals surface area contributed by atoms with Crippen LogP contribution in [0.1, 0.15) is 32.1 Å². The minimum absolute atomic E-state index is 0.0101. The summed E-state index contributed by atoms with van der Waals surface area (Å²) in [4.78, 5) is 43.7. The number of hydrogen-bond donors (Lipinski definition) is 2. The molecule has 0 spiro atoms. The van der Waals surface area contributed by atoms with Crippen molar-refractivity contribution in [2.45, 2.75) is 32.1 Å². The van der Waals surface area contributed by atoms with Crippen molar-refractivity contribution < 1.29 is 34.1 Å². The van der Waals surface area contributed by atoms with E-state index >= 15 is 0 Å². The highest BCUT2D eigenvalue weighted by Crippen LogP contribution is 2.15. The fourth-order valence-electron chi connectivity index (χ4n) is 1.75. The molecule has 0 saturated heterocycles. The van der Waals surface area contributed by atoms with E-state index in [2.05, 4.69) is 6.58 Å². The van der Waals surface area contributed by atoms with E-state index in [1.165, 1.54) is 6.08 Å². The van der Waals surface area contributed by atoms with Crippen molar-refractivity contribution in [3.05, 3.63) is 12.7 Å². The maximum Gasteiger partial charge on any atom is 0.310 e. The maximum absolute atomic E-state index is 11.5. The van der Waals surface area contributed by atoms with Gasteiger partial charge in [-0.25, -0.2) is 0 Å². The monoisotopic (exact) mass is 300 g/mol. The molecular weight excluding hydrogens is 280 g/mol. The van der Waals surface area contributed by atoms with E-state index in [1.54, 1.807) is 0 Å². The Bertz CT molecular complexity index is 400. The van der Waals surface area contributed by atoms with Crippen molar-refractivity contribution in [1.29, 1.82) is 0 Å². The highest BCUT2D eigenvalue weighted by molar-refractivity contribution is 5.95. The molecule has 0 aliphatic carbocycles. The van der Waals surface area contributed by atoms with Gasteiger partial charge in [-0.2, -0.15) is 0 Å². The van der Waals surface area contributed by atoms with Crippen LogP contribution in [0.15, 0.2) is 12.7 Å². The molecular formula is C14H20O7. The largest absolute Gasteiger partial charge is 0.481 e. The van der Waals surface area contributed by atoms with Crippen LogP contribution in [-0.2, 0) is 23.9 Å². The topological polar surface area (TPSA) is 118 Å². The van der Waals surface area contributed by atoms with E-state index in [0.29, 0.717) is 0 Å². The average molecular weight is 300 g/mol. The third-order valence-electron chi connectivity index (χ3n) is 2.63. The predicted octanol–water partition coefficient (Wildman–Crippen LogP) is 1.06. The molecule has 1 unspecified atom stereocenters. The predicted molar refractivity (Wildman–Crippen MR) is 72.9 cm³/mol. The summed E-state index contributed by atoms with van der Waals surface area (Å²) in [5, 5.41) is 17.0. The summed E-state index contributed by atoms with van der Waals surface area (Å²) in [5.74, 6) is -3.58. The summed E-state index contributed by atoms with van der Waals surface area (Å²) >= 11 is 0. The molecule has 1 atom stereocenters. The van der Waals surface area contributed by atoms with Gasteiger partial charge < -0.3 is 14.9 Å². The Labute approximate surface area is 122 Å². The molecule has 0 fully saturated rings. The molecule has 0 bridgehead atoms. The molecule has 0 radical (unpaired) electrons. The Morgan fingerprint density at radius 3 is 2.14 bits per heavy atom. The lowest BCUT2D eigenvalue weighted by Gasteiger charge is -2.15. The minimum Gasteiger partial charge on any atom is -0.481 e. The normalized spacial score (nSPS) is 11.6. The molecule has 7 heteroatoms. The van der Waals surface area contributed by atoms with Crippen LogP contribution in [0.4, 0.5) is 0 Å². The van der Waals surface area contributed by atoms with E-state index < -0.39 is 36.3 Å². The van der Waals surface area contributed by atoms with Crippen LogP contribution in [0.3, 0.4) is 0 Å². The zero-order chi connectivity index (χ0) is 16.3. The number of ketones is 2. The fourth-order valence-corrected chi connectivity index (χ4v) is 1.75. The lowest BCUT2D eigenvalue weighted by Crippen LogP contribution is -2.18. The summed E-state index contributed by atoms with van der Waals surface area (Å²) in [6, 6.07) is 0. The van der Waals surface area contributed by atoms with E-state index in [4.69, 9.17) is 14.9 Å². The zero-order valence-corrected chi connectivity index (χ0v) is 11.7. The van der Waals surface area contributed by atoms with Gasteiger partial charge in [0.15, 0.2) is 0 Å². The summed E-state index contributed by atoms with van der Waals surface area (Å²) in [5.41, 5.74) is 0. The third kappa shape index (κ3) is 11.5. The third-order valence-corrected chi connectivity index (χ3v) is 2.63. The molecule has 7 nitrogen and oxygen atoms in total. The number of ether oxygens (including phenoxy) is 1. The number of aliphatic carboxylic acids is 2. The van der Waals surface area contributed by atoms with Gasteiger partial charge in [-0.15, -0.1) is 6.58 Å². The van der Waals surface area contributed by atoms with Crippen LogP contribution >= 0.6 is 0 Å². The van der Waals surface area contributed by atoms with Crippen molar-refractivity contribution in [2.24, 2.45) is 5.92 Å². The minimum atomic E-state index is -1.20. The molecule has 0 heterocycles. The average Bonchev–Trinajstić information content (AvgIpc) is 2.34. The molecule has 0 aliphatic heterocycles. The van der Waals surface area contributed by atoms with E-state index in [-0.39, 0.29) is 38.4 Å². The molecule has 0 aromatic heterocycles. The zero-order valence-electron chi connectivity index (χ0n) is 11.7. The molecule has 0 aromatic rings. The van der Waals surface area contributed by atoms with E-state index in [9.17, 15) is 19.2 Å². The first-order chi connectivity index (χ1) is 9.85. The molecule has 21 heavy (non-hydrogen) atoms. The van der Waals surface area contributed by atoms with E-state index in [0.717, 1.165) is 0 Å². The van der Waals surface area contributed by atoms with Gasteiger partial charge in [0, 0.05) is 12.8 Å². The first kappa shape index (κ1) is 19.0. The Morgan fingerprint density at radius 2 is 1.62 bits per heavy atom. The number of Topliss-reactive ketones (excluding diaryl/α,β-unsaturated/α-hetero) is 2. The smallest absolute Gasteiger partial charge is 0.310 e. The Hall–Kier alpha value is -2.02. The molecule has 0 aliphatic rings. The molecule has 118 valence electrons. The van der Waals surface area contributed by atoms with Crippen LogP contribution in [0.5, 0.6) is 0 Å². The summed E-state index contributed by atoms with van der Waals surface area (Å²) < 4.78 is 5.22. The molecule has 0 amide bonds. The lowest BCUT2D eigenvalue weighted by atomic mass is 9.95. The number of carbonyl (C=O) groups is 4. The number of carbonyl (C=O) groups excluding carboxylic acids is 2. The van der Waals surface area contributed by atoms with Crippen LogP contribution in [0.25, 0.3) is 0 Å². The van der Waals surface area contributed by atoms with Gasteiger partial charge in [-0.1, -0.05) is 6.08 Å². The Kier molecular flexibility index (Phi) is 9.70. The maximum atomic E-state index is 11.5. The van der Waals surface area contributed by atoms with Gasteiger partial charge in [-0.3, -0.25) is 19.2 Å². The van der Waals surface area contributed by atoms with Crippen LogP contribution in [0.2, 0.25) is 0 Å². The van der Waals surface area contributed by atoms with Gasteiger partial charge in [0.25, 0.3) is 0 Å². The highest BCUT2D eigenvalue weighted by Gasteiger charge is 2.18. The van der Waals surface area contributed by atoms with Gasteiger partial charge in [0.1, 0.15) is 24.4 Å². The van der Waals surface area contributed by atoms with Crippen molar-refractivity contribution in [3.63, 3.8) is 0 Å². The molecule has 0 saturated carbocycles. The second kappa shape index (κ2) is 10.7. The highest BCUT2D eigenvalue weighted by atomic mass is 16.5. The van der Waals surface area contributed by atoms with Crippen LogP contribution in [-0.4, -0.2) is 46.9 Å². The molecule has 0 rings (SSSR count). The van der Waals surface area contributed by atoms with E-state index in [1.807, 2.05) is 0 Å². The van der Waals surface area contributed by atoms with Gasteiger partial charge in [0.2, 0.25) is 0 Å². The second-order valence-electron chi connectivity index (χ2n) is 4.65. The number of rotatable bonds is 13. The number of hydrogen-bond acceptors (Lipinski definition) is 5. The van der Waals surface area contributed by atoms with Crippen LogP contribution < -0.4 is 0 Å². The quantitative estimate of drug-likeness (QED) is 0.296. The van der Waals surface area contributed by atoms with Crippen molar-refractivity contribution in [2.75, 3.05) is 13.2 Å². The van der Waals surface area contributed by atoms with Crippen LogP contribution in [0, 0.1) is 5.92 Å². The van der Waals surface area contributed by atoms with Crippen molar-refractivity contribution in [1.82, 2.24) is 0 Å². The van der Waals surface area contributed by atoms with Gasteiger partial charge in [-0.05, 0) is 12.3 Å². The molecule has 2 N–H and O–H groups in total. The Morgan fingerprint density at radius 1 is 1.05 bits per heavy atom. The lowest BCUT2D eigenvalue weighted by molar-refractivity contribution is -0.142. The van der Waals surface area contributed by atoms with Gasteiger partial charge in [0.05, 0.1) is 13.2 Å². The fraction of sp³-hybridized carbons (Fsp3) is 0.571. The SMILES string of the molecule is C=CCOCC(CCC(=O)CC(=O)O)CC(=O)CC(=O)O. The summed E-state index contributed by atoms with van der Waals surface area (Å²) in [6.45, 7) is 3.95. The summed E-state index contributed by atoms with van der Waals surface area (Å²) in [7, 11) is 0. The van der Waals surface area contributed by atoms with Crippen molar-refractivity contribution in [3.8, 4) is 0 Å². The summed E-state index contributed by atoms with van der Waals surface area (Å²) in [6.07, 6.45) is 0.712.